The average Bonchev–Trinajstić information content (AvgIpc) is 2.29. The van der Waals surface area contributed by atoms with Gasteiger partial charge >= 0.3 is 0 Å². The van der Waals surface area contributed by atoms with Crippen molar-refractivity contribution in [3.8, 4) is 5.75 Å². The molecule has 94 valence electrons. The number of amides is 1. The lowest BCUT2D eigenvalue weighted by Gasteiger charge is -2.11. The number of alkyl halides is 1. The molecule has 0 aliphatic heterocycles. The third kappa shape index (κ3) is 4.83. The topological polar surface area (TPSA) is 49.3 Å². The number of nitrogens with one attached hydrogen (secondary N) is 1. The maximum atomic E-state index is 11.8. The Kier molecular flexibility index (Phi) is 6.26. The molecule has 3 nitrogen and oxygen atoms in total. The standard InChI is InChI=1S/C12H15BrINO2/c1-2-3-8(13)7-15-12(17)10-6-9(14)4-5-11(10)16/h4-6,8,16H,2-3,7H2,1H3,(H,15,17). The van der Waals surface area contributed by atoms with Crippen LogP contribution in [0.4, 0.5) is 0 Å². The number of carbonyl (C=O) groups excluding carboxylic acids is 1. The third-order valence-electron chi connectivity index (χ3n) is 2.29. The molecule has 0 aromatic heterocycles. The molecule has 0 saturated heterocycles. The van der Waals surface area contributed by atoms with E-state index in [-0.39, 0.29) is 16.5 Å². The summed E-state index contributed by atoms with van der Waals surface area (Å²) in [6.07, 6.45) is 2.08. The molecule has 0 fully saturated rings. The first-order valence-corrected chi connectivity index (χ1v) is 7.44. The molecule has 0 heterocycles. The Hall–Kier alpha value is -0.300. The van der Waals surface area contributed by atoms with E-state index in [9.17, 15) is 9.90 Å². The first-order valence-electron chi connectivity index (χ1n) is 5.45. The number of carbonyl (C=O) groups is 1. The van der Waals surface area contributed by atoms with Gasteiger partial charge in [0.15, 0.2) is 0 Å². The molecule has 1 aromatic carbocycles. The molecule has 0 bridgehead atoms. The molecular weight excluding hydrogens is 397 g/mol. The van der Waals surface area contributed by atoms with Crippen molar-refractivity contribution in [2.24, 2.45) is 0 Å². The van der Waals surface area contributed by atoms with E-state index >= 15 is 0 Å². The number of phenolic OH excluding ortho intramolecular Hbond substituents is 1. The second-order valence-corrected chi connectivity index (χ2v) is 6.30. The van der Waals surface area contributed by atoms with Crippen LogP contribution in [0.15, 0.2) is 18.2 Å². The van der Waals surface area contributed by atoms with Gasteiger partial charge in [-0.2, -0.15) is 0 Å². The van der Waals surface area contributed by atoms with Crippen molar-refractivity contribution >= 4 is 44.4 Å². The summed E-state index contributed by atoms with van der Waals surface area (Å²) >= 11 is 5.60. The zero-order chi connectivity index (χ0) is 12.8. The Morgan fingerprint density at radius 1 is 1.59 bits per heavy atom. The van der Waals surface area contributed by atoms with E-state index in [1.807, 2.05) is 0 Å². The fraction of sp³-hybridized carbons (Fsp3) is 0.417. The van der Waals surface area contributed by atoms with Gasteiger partial charge in [0.05, 0.1) is 5.56 Å². The van der Waals surface area contributed by atoms with E-state index in [0.29, 0.717) is 12.1 Å². The highest BCUT2D eigenvalue weighted by atomic mass is 127. The molecule has 1 rings (SSSR count). The van der Waals surface area contributed by atoms with Gasteiger partial charge in [0.2, 0.25) is 0 Å². The van der Waals surface area contributed by atoms with Crippen molar-refractivity contribution in [3.05, 3.63) is 27.3 Å². The number of halogens is 2. The monoisotopic (exact) mass is 411 g/mol. The molecule has 2 N–H and O–H groups in total. The zero-order valence-electron chi connectivity index (χ0n) is 9.54. The SMILES string of the molecule is CCCC(Br)CNC(=O)c1cc(I)ccc1O. The number of aromatic hydroxyl groups is 1. The first kappa shape index (κ1) is 14.8. The predicted octanol–water partition coefficient (Wildman–Crippen LogP) is 3.29. The van der Waals surface area contributed by atoms with Gasteiger partial charge in [-0.3, -0.25) is 4.79 Å². The molecule has 0 saturated carbocycles. The van der Waals surface area contributed by atoms with Gasteiger partial charge in [-0.15, -0.1) is 0 Å². The summed E-state index contributed by atoms with van der Waals surface area (Å²) in [7, 11) is 0. The molecule has 5 heteroatoms. The van der Waals surface area contributed by atoms with Crippen LogP contribution in [0.25, 0.3) is 0 Å². The van der Waals surface area contributed by atoms with Crippen LogP contribution in [0.5, 0.6) is 5.75 Å². The summed E-state index contributed by atoms with van der Waals surface area (Å²) in [5, 5.41) is 12.4. The highest BCUT2D eigenvalue weighted by molar-refractivity contribution is 14.1. The van der Waals surface area contributed by atoms with Crippen molar-refractivity contribution in [1.29, 1.82) is 0 Å². The van der Waals surface area contributed by atoms with Crippen molar-refractivity contribution in [2.45, 2.75) is 24.6 Å². The maximum absolute atomic E-state index is 11.8. The van der Waals surface area contributed by atoms with Crippen LogP contribution in [0.3, 0.4) is 0 Å². The van der Waals surface area contributed by atoms with E-state index in [1.165, 1.54) is 6.07 Å². The summed E-state index contributed by atoms with van der Waals surface area (Å²) in [6, 6.07) is 4.97. The van der Waals surface area contributed by atoms with Crippen LogP contribution in [-0.4, -0.2) is 22.4 Å². The summed E-state index contributed by atoms with van der Waals surface area (Å²) in [5.41, 5.74) is 0.327. The zero-order valence-corrected chi connectivity index (χ0v) is 13.3. The largest absolute Gasteiger partial charge is 0.507 e. The maximum Gasteiger partial charge on any atom is 0.255 e. The van der Waals surface area contributed by atoms with Gasteiger partial charge in [-0.05, 0) is 47.2 Å². The number of hydrogen-bond acceptors (Lipinski definition) is 2. The Morgan fingerprint density at radius 2 is 2.29 bits per heavy atom. The van der Waals surface area contributed by atoms with Crippen LogP contribution in [-0.2, 0) is 0 Å². The van der Waals surface area contributed by atoms with E-state index in [0.717, 1.165) is 16.4 Å². The Bertz CT molecular complexity index is 398. The minimum absolute atomic E-state index is 0.0181. The summed E-state index contributed by atoms with van der Waals surface area (Å²) < 4.78 is 0.925. The molecule has 0 aliphatic carbocycles. The number of hydrogen-bond donors (Lipinski definition) is 2. The molecule has 1 amide bonds. The van der Waals surface area contributed by atoms with Gasteiger partial charge in [0.1, 0.15) is 5.75 Å². The quantitative estimate of drug-likeness (QED) is 0.577. The van der Waals surface area contributed by atoms with Crippen LogP contribution >= 0.6 is 38.5 Å². The van der Waals surface area contributed by atoms with Gasteiger partial charge in [0.25, 0.3) is 5.91 Å². The van der Waals surface area contributed by atoms with E-state index < -0.39 is 0 Å². The highest BCUT2D eigenvalue weighted by Gasteiger charge is 2.12. The number of phenols is 1. The Balaban J connectivity index is 2.61. The Labute approximate surface area is 123 Å². The van der Waals surface area contributed by atoms with Crippen LogP contribution in [0.1, 0.15) is 30.1 Å². The normalized spacial score (nSPS) is 12.2. The average molecular weight is 412 g/mol. The Morgan fingerprint density at radius 3 is 2.94 bits per heavy atom. The predicted molar refractivity (Wildman–Crippen MR) is 80.8 cm³/mol. The fourth-order valence-electron chi connectivity index (χ4n) is 1.40. The number of benzene rings is 1. The lowest BCUT2D eigenvalue weighted by atomic mass is 10.2. The van der Waals surface area contributed by atoms with Crippen LogP contribution in [0, 0.1) is 3.57 Å². The lowest BCUT2D eigenvalue weighted by molar-refractivity contribution is 0.0951. The third-order valence-corrected chi connectivity index (χ3v) is 3.74. The summed E-state index contributed by atoms with van der Waals surface area (Å²) in [4.78, 5) is 12.1. The molecule has 0 radical (unpaired) electrons. The molecule has 0 aliphatic rings. The van der Waals surface area contributed by atoms with Crippen molar-refractivity contribution in [3.63, 3.8) is 0 Å². The second kappa shape index (κ2) is 7.20. The molecule has 0 spiro atoms. The van der Waals surface area contributed by atoms with Crippen LogP contribution in [0.2, 0.25) is 0 Å². The summed E-state index contributed by atoms with van der Waals surface area (Å²) in [5.74, 6) is -0.217. The van der Waals surface area contributed by atoms with Crippen LogP contribution < -0.4 is 5.32 Å². The second-order valence-electron chi connectivity index (χ2n) is 3.76. The van der Waals surface area contributed by atoms with Gasteiger partial charge < -0.3 is 10.4 Å². The number of rotatable bonds is 5. The molecule has 1 aromatic rings. The van der Waals surface area contributed by atoms with E-state index in [1.54, 1.807) is 12.1 Å². The minimum Gasteiger partial charge on any atom is -0.507 e. The smallest absolute Gasteiger partial charge is 0.255 e. The fourth-order valence-corrected chi connectivity index (χ4v) is 2.52. The molecular formula is C12H15BrINO2. The van der Waals surface area contributed by atoms with E-state index in [4.69, 9.17) is 0 Å². The molecule has 1 atom stereocenters. The van der Waals surface area contributed by atoms with Crippen molar-refractivity contribution in [2.75, 3.05) is 6.54 Å². The molecule has 1 unspecified atom stereocenters. The summed E-state index contributed by atoms with van der Waals surface area (Å²) in [6.45, 7) is 2.67. The lowest BCUT2D eigenvalue weighted by Crippen LogP contribution is -2.29. The van der Waals surface area contributed by atoms with Gasteiger partial charge in [-0.1, -0.05) is 29.3 Å². The van der Waals surface area contributed by atoms with Gasteiger partial charge in [0, 0.05) is 14.9 Å². The van der Waals surface area contributed by atoms with E-state index in [2.05, 4.69) is 50.8 Å². The van der Waals surface area contributed by atoms with Gasteiger partial charge in [-0.25, -0.2) is 0 Å². The minimum atomic E-state index is -0.235. The highest BCUT2D eigenvalue weighted by Crippen LogP contribution is 2.19. The molecule has 17 heavy (non-hydrogen) atoms. The first-order chi connectivity index (χ1) is 8.04. The van der Waals surface area contributed by atoms with Crippen molar-refractivity contribution < 1.29 is 9.90 Å². The van der Waals surface area contributed by atoms with Crippen molar-refractivity contribution in [1.82, 2.24) is 5.32 Å².